The molecule has 1 aromatic rings. The van der Waals surface area contributed by atoms with Gasteiger partial charge in [0.2, 0.25) is 0 Å². The molecule has 0 aliphatic carbocycles. The Bertz CT molecular complexity index is 384. The Labute approximate surface area is 111 Å². The van der Waals surface area contributed by atoms with Crippen LogP contribution in [-0.4, -0.2) is 12.9 Å². The van der Waals surface area contributed by atoms with Gasteiger partial charge in [-0.2, -0.15) is 0 Å². The largest absolute Gasteiger partial charge is 0.492 e. The molecule has 0 fully saturated rings. The molecule has 0 heterocycles. The van der Waals surface area contributed by atoms with Crippen molar-refractivity contribution in [3.63, 3.8) is 0 Å². The summed E-state index contributed by atoms with van der Waals surface area (Å²) in [7, 11) is 0. The van der Waals surface area contributed by atoms with Crippen LogP contribution in [0.5, 0.6) is 5.75 Å². The molecule has 0 saturated carbocycles. The van der Waals surface area contributed by atoms with Crippen LogP contribution in [0.4, 0.5) is 0 Å². The summed E-state index contributed by atoms with van der Waals surface area (Å²) < 4.78 is 6.71. The average Bonchev–Trinajstić information content (AvgIpc) is 2.31. The topological polar surface area (TPSA) is 26.3 Å². The second-order valence-corrected chi connectivity index (χ2v) is 5.17. The summed E-state index contributed by atoms with van der Waals surface area (Å²) in [6.07, 6.45) is 3.05. The van der Waals surface area contributed by atoms with Crippen LogP contribution in [0.2, 0.25) is 0 Å². The lowest BCUT2D eigenvalue weighted by Gasteiger charge is -2.16. The average molecular weight is 299 g/mol. The highest BCUT2D eigenvalue weighted by Gasteiger charge is 2.11. The van der Waals surface area contributed by atoms with Gasteiger partial charge < -0.3 is 4.74 Å². The number of benzene rings is 1. The highest BCUT2D eigenvalue weighted by atomic mass is 79.9. The van der Waals surface area contributed by atoms with Gasteiger partial charge in [-0.1, -0.05) is 42.6 Å². The minimum Gasteiger partial charge on any atom is -0.492 e. The molecule has 0 aromatic heterocycles. The first-order valence-electron chi connectivity index (χ1n) is 6.00. The number of hydrogen-bond acceptors (Lipinski definition) is 2. The van der Waals surface area contributed by atoms with Crippen LogP contribution in [0.15, 0.2) is 16.6 Å². The maximum atomic E-state index is 11.0. The van der Waals surface area contributed by atoms with Crippen molar-refractivity contribution >= 4 is 22.2 Å². The summed E-state index contributed by atoms with van der Waals surface area (Å²) in [4.78, 5) is 11.0. The molecular formula is C14H19BrO2. The number of rotatable bonds is 6. The first-order chi connectivity index (χ1) is 8.12. The summed E-state index contributed by atoms with van der Waals surface area (Å²) in [5.41, 5.74) is 1.61. The van der Waals surface area contributed by atoms with E-state index in [0.29, 0.717) is 18.1 Å². The van der Waals surface area contributed by atoms with Crippen molar-refractivity contribution in [3.8, 4) is 5.75 Å². The van der Waals surface area contributed by atoms with Crippen LogP contribution in [0.1, 0.15) is 42.6 Å². The molecular weight excluding hydrogens is 280 g/mol. The van der Waals surface area contributed by atoms with Gasteiger partial charge in [-0.3, -0.25) is 4.79 Å². The molecule has 17 heavy (non-hydrogen) atoms. The van der Waals surface area contributed by atoms with Crippen molar-refractivity contribution in [2.24, 2.45) is 5.92 Å². The number of carbonyl (C=O) groups is 1. The molecule has 0 N–H and O–H groups in total. The Morgan fingerprint density at radius 1 is 1.35 bits per heavy atom. The van der Waals surface area contributed by atoms with Gasteiger partial charge in [0, 0.05) is 4.47 Å². The van der Waals surface area contributed by atoms with E-state index in [9.17, 15) is 4.79 Å². The van der Waals surface area contributed by atoms with Gasteiger partial charge in [0.25, 0.3) is 0 Å². The van der Waals surface area contributed by atoms with Crippen molar-refractivity contribution in [2.75, 3.05) is 6.61 Å². The lowest BCUT2D eigenvalue weighted by atomic mass is 10.1. The summed E-state index contributed by atoms with van der Waals surface area (Å²) >= 11 is 3.38. The van der Waals surface area contributed by atoms with Crippen molar-refractivity contribution in [1.29, 1.82) is 0 Å². The van der Waals surface area contributed by atoms with Gasteiger partial charge in [-0.05, 0) is 30.5 Å². The summed E-state index contributed by atoms with van der Waals surface area (Å²) in [5, 5.41) is 0. The van der Waals surface area contributed by atoms with Gasteiger partial charge in [-0.25, -0.2) is 0 Å². The molecule has 0 radical (unpaired) electrons. The van der Waals surface area contributed by atoms with Crippen LogP contribution in [0, 0.1) is 12.8 Å². The van der Waals surface area contributed by atoms with Gasteiger partial charge in [0.1, 0.15) is 5.75 Å². The second kappa shape index (κ2) is 6.80. The highest BCUT2D eigenvalue weighted by Crippen LogP contribution is 2.27. The third kappa shape index (κ3) is 3.84. The van der Waals surface area contributed by atoms with Crippen molar-refractivity contribution in [3.05, 3.63) is 27.7 Å². The first-order valence-corrected chi connectivity index (χ1v) is 6.79. The third-order valence-corrected chi connectivity index (χ3v) is 3.47. The van der Waals surface area contributed by atoms with E-state index < -0.39 is 0 Å². The Hall–Kier alpha value is -0.830. The van der Waals surface area contributed by atoms with Crippen LogP contribution < -0.4 is 4.74 Å². The van der Waals surface area contributed by atoms with Crippen molar-refractivity contribution < 1.29 is 9.53 Å². The van der Waals surface area contributed by atoms with Crippen LogP contribution in [0.3, 0.4) is 0 Å². The van der Waals surface area contributed by atoms with Gasteiger partial charge in [0.15, 0.2) is 6.29 Å². The van der Waals surface area contributed by atoms with Gasteiger partial charge in [-0.15, -0.1) is 0 Å². The smallest absolute Gasteiger partial charge is 0.153 e. The molecule has 0 aliphatic heterocycles. The molecule has 0 saturated heterocycles. The number of carbonyl (C=O) groups excluding carboxylic acids is 1. The fraction of sp³-hybridized carbons (Fsp3) is 0.500. The zero-order chi connectivity index (χ0) is 12.8. The van der Waals surface area contributed by atoms with E-state index in [1.807, 2.05) is 13.0 Å². The van der Waals surface area contributed by atoms with E-state index >= 15 is 0 Å². The Balaban J connectivity index is 2.86. The Kier molecular flexibility index (Phi) is 5.69. The highest BCUT2D eigenvalue weighted by molar-refractivity contribution is 9.10. The normalized spacial score (nSPS) is 10.6. The zero-order valence-electron chi connectivity index (χ0n) is 10.6. The quantitative estimate of drug-likeness (QED) is 0.728. The molecule has 0 spiro atoms. The molecule has 94 valence electrons. The first kappa shape index (κ1) is 14.2. The van der Waals surface area contributed by atoms with E-state index in [1.54, 1.807) is 6.07 Å². The Morgan fingerprint density at radius 3 is 2.53 bits per heavy atom. The number of hydrogen-bond donors (Lipinski definition) is 0. The maximum Gasteiger partial charge on any atom is 0.153 e. The van der Waals surface area contributed by atoms with Crippen molar-refractivity contribution in [1.82, 2.24) is 0 Å². The maximum absolute atomic E-state index is 11.0. The van der Waals surface area contributed by atoms with E-state index in [2.05, 4.69) is 29.8 Å². The monoisotopic (exact) mass is 298 g/mol. The van der Waals surface area contributed by atoms with E-state index in [4.69, 9.17) is 4.74 Å². The number of aldehydes is 1. The van der Waals surface area contributed by atoms with Crippen LogP contribution in [-0.2, 0) is 0 Å². The summed E-state index contributed by atoms with van der Waals surface area (Å²) in [6.45, 7) is 6.95. The zero-order valence-corrected chi connectivity index (χ0v) is 12.2. The standard InChI is InChI=1S/C14H19BrO2/c1-4-11(5-2)9-17-14-10(3)6-13(15)7-12(14)8-16/h6-8,11H,4-5,9H2,1-3H3. The summed E-state index contributed by atoms with van der Waals surface area (Å²) in [6, 6.07) is 3.76. The molecule has 0 amide bonds. The van der Waals surface area contributed by atoms with Crippen molar-refractivity contribution in [2.45, 2.75) is 33.6 Å². The minimum absolute atomic E-state index is 0.553. The molecule has 1 rings (SSSR count). The van der Waals surface area contributed by atoms with Crippen LogP contribution in [0.25, 0.3) is 0 Å². The second-order valence-electron chi connectivity index (χ2n) is 4.25. The Morgan fingerprint density at radius 2 is 2.00 bits per heavy atom. The molecule has 0 atom stereocenters. The molecule has 0 aliphatic rings. The number of halogens is 1. The predicted octanol–water partition coefficient (Wildman–Crippen LogP) is 4.39. The summed E-state index contributed by atoms with van der Waals surface area (Å²) in [5.74, 6) is 1.27. The molecule has 0 unspecified atom stereocenters. The van der Waals surface area contributed by atoms with E-state index in [1.165, 1.54) is 0 Å². The van der Waals surface area contributed by atoms with Crippen LogP contribution >= 0.6 is 15.9 Å². The molecule has 3 heteroatoms. The fourth-order valence-corrected chi connectivity index (χ4v) is 2.36. The predicted molar refractivity (Wildman–Crippen MR) is 73.8 cm³/mol. The third-order valence-electron chi connectivity index (χ3n) is 3.01. The molecule has 0 bridgehead atoms. The lowest BCUT2D eigenvalue weighted by molar-refractivity contribution is 0.111. The SMILES string of the molecule is CCC(CC)COc1c(C)cc(Br)cc1C=O. The lowest BCUT2D eigenvalue weighted by Crippen LogP contribution is -2.11. The minimum atomic E-state index is 0.553. The van der Waals surface area contributed by atoms with Gasteiger partial charge in [0.05, 0.1) is 12.2 Å². The molecule has 2 nitrogen and oxygen atoms in total. The van der Waals surface area contributed by atoms with Gasteiger partial charge >= 0.3 is 0 Å². The number of ether oxygens (including phenoxy) is 1. The van der Waals surface area contributed by atoms with E-state index in [-0.39, 0.29) is 0 Å². The fourth-order valence-electron chi connectivity index (χ4n) is 1.77. The number of aryl methyl sites for hydroxylation is 1. The molecule has 1 aromatic carbocycles. The van der Waals surface area contributed by atoms with E-state index in [0.717, 1.165) is 34.9 Å².